The molecule has 0 radical (unpaired) electrons. The van der Waals surface area contributed by atoms with E-state index in [0.29, 0.717) is 0 Å². The van der Waals surface area contributed by atoms with Crippen LogP contribution in [0.15, 0.2) is 0 Å². The van der Waals surface area contributed by atoms with Gasteiger partial charge in [-0.1, -0.05) is 142 Å². The molecule has 0 saturated heterocycles. The summed E-state index contributed by atoms with van der Waals surface area (Å²) >= 11 is 0. The average molecular weight is 587 g/mol. The van der Waals surface area contributed by atoms with Gasteiger partial charge in [0.25, 0.3) is 0 Å². The van der Waals surface area contributed by atoms with E-state index in [1.807, 2.05) is 0 Å². The van der Waals surface area contributed by atoms with Gasteiger partial charge in [-0.15, -0.1) is 0 Å². The molecule has 0 saturated carbocycles. The van der Waals surface area contributed by atoms with Crippen molar-refractivity contribution < 1.29 is 17.8 Å². The monoisotopic (exact) mass is 587 g/mol. The number of unbranched alkanes of at least 4 members (excludes halogenated alkanes) is 24. The maximum Gasteiger partial charge on any atom is 0.500 e. The summed E-state index contributed by atoms with van der Waals surface area (Å²) in [5.74, 6) is 0. The Bertz CT molecular complexity index is 491. The van der Waals surface area contributed by atoms with Gasteiger partial charge in [-0.25, -0.2) is 0 Å². The van der Waals surface area contributed by atoms with Crippen LogP contribution in [0.1, 0.15) is 174 Å². The second-order valence-corrected chi connectivity index (χ2v) is 16.4. The Morgan fingerprint density at radius 1 is 0.375 bits per heavy atom. The molecule has 0 rings (SSSR count). The first-order valence-electron chi connectivity index (χ1n) is 17.9. The molecule has 0 amide bonds. The Morgan fingerprint density at radius 3 is 0.900 bits per heavy atom. The minimum Gasteiger partial charge on any atom is -0.377 e. The number of hydrogen-bond donors (Lipinski definition) is 0. The molecule has 242 valence electrons. The molecule has 0 aliphatic heterocycles. The van der Waals surface area contributed by atoms with Crippen LogP contribution in [-0.4, -0.2) is 61.8 Å². The molecule has 0 aromatic heterocycles. The molecule has 0 aliphatic carbocycles. The minimum atomic E-state index is -2.35. The molecule has 0 spiro atoms. The Morgan fingerprint density at radius 2 is 0.625 bits per heavy atom. The summed E-state index contributed by atoms with van der Waals surface area (Å²) in [6, 6.07) is 0.935. The van der Waals surface area contributed by atoms with Crippen molar-refractivity contribution in [2.75, 3.05) is 48.5 Å². The summed E-state index contributed by atoms with van der Waals surface area (Å²) in [5.41, 5.74) is 0. The van der Waals surface area contributed by atoms with Gasteiger partial charge in [0.05, 0.1) is 27.2 Å². The van der Waals surface area contributed by atoms with E-state index in [9.17, 15) is 0 Å². The van der Waals surface area contributed by atoms with Gasteiger partial charge in [0.1, 0.15) is 0 Å². The second kappa shape index (κ2) is 29.1. The molecule has 0 fully saturated rings. The van der Waals surface area contributed by atoms with E-state index < -0.39 is 8.80 Å². The van der Waals surface area contributed by atoms with Crippen LogP contribution in [0.25, 0.3) is 0 Å². The van der Waals surface area contributed by atoms with Crippen molar-refractivity contribution in [2.24, 2.45) is 0 Å². The van der Waals surface area contributed by atoms with Crippen molar-refractivity contribution in [1.82, 2.24) is 0 Å². The number of nitrogens with zero attached hydrogens (tertiary/aromatic N) is 1. The first kappa shape index (κ1) is 40.1. The third-order valence-corrected chi connectivity index (χ3v) is 11.9. The van der Waals surface area contributed by atoms with Gasteiger partial charge in [-0.3, -0.25) is 0 Å². The quantitative estimate of drug-likeness (QED) is 0.0435. The van der Waals surface area contributed by atoms with Crippen LogP contribution in [0.2, 0.25) is 6.04 Å². The average Bonchev–Trinajstić information content (AvgIpc) is 2.95. The van der Waals surface area contributed by atoms with Crippen molar-refractivity contribution in [3.8, 4) is 0 Å². The van der Waals surface area contributed by atoms with Gasteiger partial charge in [0, 0.05) is 27.4 Å². The normalized spacial score (nSPS) is 12.4. The van der Waals surface area contributed by atoms with E-state index in [1.54, 1.807) is 21.3 Å². The lowest BCUT2D eigenvalue weighted by Gasteiger charge is -2.30. The lowest BCUT2D eigenvalue weighted by atomic mass is 10.0. The molecule has 0 N–H and O–H groups in total. The molecular weight excluding hydrogens is 510 g/mol. The molecule has 0 aromatic carbocycles. The highest BCUT2D eigenvalue weighted by Crippen LogP contribution is 2.19. The van der Waals surface area contributed by atoms with Crippen molar-refractivity contribution in [2.45, 2.75) is 180 Å². The number of rotatable bonds is 33. The minimum absolute atomic E-state index is 0.935. The molecule has 0 bridgehead atoms. The lowest BCUT2D eigenvalue weighted by molar-refractivity contribution is -0.890. The molecule has 0 aromatic rings. The molecule has 0 atom stereocenters. The van der Waals surface area contributed by atoms with E-state index in [-0.39, 0.29) is 0 Å². The van der Waals surface area contributed by atoms with Crippen molar-refractivity contribution in [1.29, 1.82) is 0 Å². The second-order valence-electron chi connectivity index (χ2n) is 13.3. The zero-order valence-electron chi connectivity index (χ0n) is 28.7. The Balaban J connectivity index is 3.38. The van der Waals surface area contributed by atoms with Gasteiger partial charge < -0.3 is 17.8 Å². The standard InChI is InChI=1S/C35H76NO3Si/c1-7-8-9-10-11-12-13-14-15-16-17-18-21-24-27-30-33-36(2,3)34-31-28-25-22-19-20-23-26-29-32-35-40(37-4,38-5)39-6/h7-35H2,1-6H3/q+1. The lowest BCUT2D eigenvalue weighted by Crippen LogP contribution is -2.42. The number of quaternary nitrogens is 1. The maximum absolute atomic E-state index is 5.51. The van der Waals surface area contributed by atoms with E-state index in [1.165, 1.54) is 178 Å². The van der Waals surface area contributed by atoms with E-state index >= 15 is 0 Å². The van der Waals surface area contributed by atoms with Gasteiger partial charge >= 0.3 is 8.80 Å². The number of hydrogen-bond acceptors (Lipinski definition) is 3. The van der Waals surface area contributed by atoms with Crippen LogP contribution in [0.4, 0.5) is 0 Å². The van der Waals surface area contributed by atoms with Crippen LogP contribution in [0.3, 0.4) is 0 Å². The van der Waals surface area contributed by atoms with E-state index in [0.717, 1.165) is 12.5 Å². The summed E-state index contributed by atoms with van der Waals surface area (Å²) in [6.45, 7) is 5.02. The SMILES string of the molecule is CCCCCCCCCCCCCCCCCC[N+](C)(C)CCCCCCCCCCCC[Si](OC)(OC)OC. The van der Waals surface area contributed by atoms with Gasteiger partial charge in [0.2, 0.25) is 0 Å². The van der Waals surface area contributed by atoms with Gasteiger partial charge in [0.15, 0.2) is 0 Å². The summed E-state index contributed by atoms with van der Waals surface area (Å²) < 4.78 is 17.7. The predicted molar refractivity (Wildman–Crippen MR) is 179 cm³/mol. The maximum atomic E-state index is 5.51. The first-order valence-corrected chi connectivity index (χ1v) is 19.9. The zero-order chi connectivity index (χ0) is 29.6. The molecule has 0 aliphatic rings. The Hall–Kier alpha value is 0.0569. The Kier molecular flexibility index (Phi) is 29.2. The fourth-order valence-electron chi connectivity index (χ4n) is 6.05. The molecule has 4 nitrogen and oxygen atoms in total. The molecule has 0 unspecified atom stereocenters. The van der Waals surface area contributed by atoms with Crippen LogP contribution >= 0.6 is 0 Å². The highest BCUT2D eigenvalue weighted by molar-refractivity contribution is 6.60. The third kappa shape index (κ3) is 25.7. The van der Waals surface area contributed by atoms with Crippen LogP contribution in [-0.2, 0) is 13.3 Å². The van der Waals surface area contributed by atoms with E-state index in [4.69, 9.17) is 13.3 Å². The smallest absolute Gasteiger partial charge is 0.377 e. The van der Waals surface area contributed by atoms with Crippen LogP contribution in [0.5, 0.6) is 0 Å². The largest absolute Gasteiger partial charge is 0.500 e. The molecule has 0 heterocycles. The van der Waals surface area contributed by atoms with Gasteiger partial charge in [-0.05, 0) is 32.1 Å². The highest BCUT2D eigenvalue weighted by Gasteiger charge is 2.36. The van der Waals surface area contributed by atoms with Crippen LogP contribution in [0, 0.1) is 0 Å². The topological polar surface area (TPSA) is 27.7 Å². The van der Waals surface area contributed by atoms with E-state index in [2.05, 4.69) is 21.0 Å². The summed E-state index contributed by atoms with van der Waals surface area (Å²) in [7, 11) is 7.67. The predicted octanol–water partition coefficient (Wildman–Crippen LogP) is 11.1. The van der Waals surface area contributed by atoms with Crippen molar-refractivity contribution >= 4 is 8.80 Å². The highest BCUT2D eigenvalue weighted by atomic mass is 28.4. The summed E-state index contributed by atoms with van der Waals surface area (Å²) in [5, 5.41) is 0. The fourth-order valence-corrected chi connectivity index (χ4v) is 7.85. The molecule has 5 heteroatoms. The van der Waals surface area contributed by atoms with Crippen molar-refractivity contribution in [3.63, 3.8) is 0 Å². The third-order valence-electron chi connectivity index (χ3n) is 9.05. The van der Waals surface area contributed by atoms with Gasteiger partial charge in [-0.2, -0.15) is 0 Å². The summed E-state index contributed by atoms with van der Waals surface area (Å²) in [4.78, 5) is 0. The van der Waals surface area contributed by atoms with Crippen LogP contribution < -0.4 is 0 Å². The molecule has 40 heavy (non-hydrogen) atoms. The fraction of sp³-hybridized carbons (Fsp3) is 1.00. The first-order chi connectivity index (χ1) is 19.4. The Labute approximate surface area is 254 Å². The van der Waals surface area contributed by atoms with Crippen molar-refractivity contribution in [3.05, 3.63) is 0 Å². The zero-order valence-corrected chi connectivity index (χ0v) is 29.7. The summed E-state index contributed by atoms with van der Waals surface area (Å²) in [6.07, 6.45) is 36.8. The molecular formula is C35H76NO3Si+.